The summed E-state index contributed by atoms with van der Waals surface area (Å²) in [5.74, 6) is -0.969. The van der Waals surface area contributed by atoms with Gasteiger partial charge in [-0.2, -0.15) is 5.10 Å². The molecule has 1 aliphatic rings. The van der Waals surface area contributed by atoms with Crippen molar-refractivity contribution in [3.8, 4) is 0 Å². The Hall–Kier alpha value is -2.02. The van der Waals surface area contributed by atoms with Crippen LogP contribution in [0.1, 0.15) is 21.6 Å². The van der Waals surface area contributed by atoms with Gasteiger partial charge in [0.25, 0.3) is 12.3 Å². The van der Waals surface area contributed by atoms with Gasteiger partial charge in [-0.25, -0.2) is 17.9 Å². The minimum absolute atomic E-state index is 0.0678. The number of fused-ring (bicyclic) bond motifs is 1. The maximum atomic E-state index is 13.7. The monoisotopic (exact) mass is 343 g/mol. The van der Waals surface area contributed by atoms with Gasteiger partial charge in [0, 0.05) is 17.7 Å². The first kappa shape index (κ1) is 15.9. The molecule has 0 aliphatic carbocycles. The molecule has 0 atom stereocenters. The summed E-state index contributed by atoms with van der Waals surface area (Å²) in [4.78, 5) is 13.3. The number of amides is 1. The molecule has 0 radical (unpaired) electrons. The first-order valence-electron chi connectivity index (χ1n) is 7.03. The van der Waals surface area contributed by atoms with E-state index in [1.807, 2.05) is 0 Å². The molecule has 122 valence electrons. The second-order valence-corrected chi connectivity index (χ2v) is 5.62. The standard InChI is InChI=1S/C15H13ClF3N3O/c16-14-10-5-6-21(8-12(18)19)15(23)13(10)20-22(14)7-9-3-1-2-4-11(9)17/h1-4,12H,5-8H2. The second kappa shape index (κ2) is 6.23. The van der Waals surface area contributed by atoms with Gasteiger partial charge in [-0.05, 0) is 12.5 Å². The van der Waals surface area contributed by atoms with Crippen LogP contribution in [0.15, 0.2) is 24.3 Å². The lowest BCUT2D eigenvalue weighted by atomic mass is 10.1. The highest BCUT2D eigenvalue weighted by Gasteiger charge is 2.32. The number of aromatic nitrogens is 2. The Labute approximate surface area is 135 Å². The molecule has 1 aromatic carbocycles. The van der Waals surface area contributed by atoms with Crippen molar-refractivity contribution < 1.29 is 18.0 Å². The number of carbonyl (C=O) groups excluding carboxylic acids is 1. The third-order valence-electron chi connectivity index (χ3n) is 3.74. The average Bonchev–Trinajstić information content (AvgIpc) is 2.82. The Morgan fingerprint density at radius 2 is 2.04 bits per heavy atom. The van der Waals surface area contributed by atoms with Gasteiger partial charge in [0.15, 0.2) is 5.69 Å². The van der Waals surface area contributed by atoms with Crippen LogP contribution in [-0.4, -0.2) is 40.1 Å². The third-order valence-corrected chi connectivity index (χ3v) is 4.16. The topological polar surface area (TPSA) is 38.1 Å². The lowest BCUT2D eigenvalue weighted by Gasteiger charge is -2.25. The van der Waals surface area contributed by atoms with E-state index >= 15 is 0 Å². The summed E-state index contributed by atoms with van der Waals surface area (Å²) >= 11 is 6.22. The number of hydrogen-bond donors (Lipinski definition) is 0. The highest BCUT2D eigenvalue weighted by atomic mass is 35.5. The van der Waals surface area contributed by atoms with Crippen LogP contribution in [0, 0.1) is 5.82 Å². The summed E-state index contributed by atoms with van der Waals surface area (Å²) in [6, 6.07) is 6.17. The van der Waals surface area contributed by atoms with Crippen LogP contribution in [0.3, 0.4) is 0 Å². The highest BCUT2D eigenvalue weighted by molar-refractivity contribution is 6.31. The van der Waals surface area contributed by atoms with Crippen molar-refractivity contribution >= 4 is 17.5 Å². The summed E-state index contributed by atoms with van der Waals surface area (Å²) in [7, 11) is 0. The number of alkyl halides is 2. The predicted molar refractivity (Wildman–Crippen MR) is 78.4 cm³/mol. The fourth-order valence-corrected chi connectivity index (χ4v) is 2.89. The Morgan fingerprint density at radius 3 is 2.74 bits per heavy atom. The quantitative estimate of drug-likeness (QED) is 0.856. The fraction of sp³-hybridized carbons (Fsp3) is 0.333. The molecule has 2 heterocycles. The van der Waals surface area contributed by atoms with Crippen molar-refractivity contribution in [3.63, 3.8) is 0 Å². The number of carbonyl (C=O) groups is 1. The van der Waals surface area contributed by atoms with Crippen molar-refractivity contribution in [1.29, 1.82) is 0 Å². The van der Waals surface area contributed by atoms with E-state index in [2.05, 4.69) is 5.10 Å². The van der Waals surface area contributed by atoms with Crippen molar-refractivity contribution in [2.75, 3.05) is 13.1 Å². The summed E-state index contributed by atoms with van der Waals surface area (Å²) in [6.07, 6.45) is -2.25. The SMILES string of the molecule is O=C1c2nn(Cc3ccccc3F)c(Cl)c2CCN1CC(F)F. The molecule has 1 amide bonds. The summed E-state index contributed by atoms with van der Waals surface area (Å²) < 4.78 is 40.1. The minimum atomic E-state index is -2.60. The maximum absolute atomic E-state index is 13.7. The smallest absolute Gasteiger partial charge is 0.274 e. The van der Waals surface area contributed by atoms with Crippen LogP contribution in [0.2, 0.25) is 5.15 Å². The first-order chi connectivity index (χ1) is 11.0. The average molecular weight is 344 g/mol. The molecule has 0 saturated heterocycles. The molecule has 0 spiro atoms. The zero-order valence-electron chi connectivity index (χ0n) is 12.0. The molecule has 3 rings (SSSR count). The van der Waals surface area contributed by atoms with E-state index in [-0.39, 0.29) is 23.9 Å². The highest BCUT2D eigenvalue weighted by Crippen LogP contribution is 2.27. The van der Waals surface area contributed by atoms with Crippen molar-refractivity contribution in [2.45, 2.75) is 19.4 Å². The second-order valence-electron chi connectivity index (χ2n) is 5.26. The molecule has 8 heteroatoms. The summed E-state index contributed by atoms with van der Waals surface area (Å²) in [6.45, 7) is -0.391. The molecular formula is C15H13ClF3N3O. The van der Waals surface area contributed by atoms with Gasteiger partial charge in [-0.3, -0.25) is 4.79 Å². The van der Waals surface area contributed by atoms with Gasteiger partial charge in [0.1, 0.15) is 11.0 Å². The van der Waals surface area contributed by atoms with E-state index in [1.54, 1.807) is 18.2 Å². The van der Waals surface area contributed by atoms with Gasteiger partial charge in [-0.1, -0.05) is 29.8 Å². The zero-order chi connectivity index (χ0) is 16.6. The van der Waals surface area contributed by atoms with Crippen molar-refractivity contribution in [2.24, 2.45) is 0 Å². The third kappa shape index (κ3) is 3.06. The largest absolute Gasteiger partial charge is 0.331 e. The molecule has 0 unspecified atom stereocenters. The van der Waals surface area contributed by atoms with Crippen LogP contribution < -0.4 is 0 Å². The van der Waals surface area contributed by atoms with Gasteiger partial charge in [0.2, 0.25) is 0 Å². The van der Waals surface area contributed by atoms with Crippen LogP contribution >= 0.6 is 11.6 Å². The van der Waals surface area contributed by atoms with Gasteiger partial charge >= 0.3 is 0 Å². The van der Waals surface area contributed by atoms with Crippen LogP contribution in [0.4, 0.5) is 13.2 Å². The number of halogens is 4. The summed E-state index contributed by atoms with van der Waals surface area (Å²) in [5, 5.41) is 4.35. The van der Waals surface area contributed by atoms with Crippen LogP contribution in [-0.2, 0) is 13.0 Å². The van der Waals surface area contributed by atoms with Gasteiger partial charge in [-0.15, -0.1) is 0 Å². The number of rotatable bonds is 4. The van der Waals surface area contributed by atoms with E-state index in [9.17, 15) is 18.0 Å². The lowest BCUT2D eigenvalue weighted by molar-refractivity contribution is 0.0532. The van der Waals surface area contributed by atoms with Crippen LogP contribution in [0.25, 0.3) is 0 Å². The van der Waals surface area contributed by atoms with E-state index < -0.39 is 24.7 Å². The molecule has 23 heavy (non-hydrogen) atoms. The molecule has 2 aromatic rings. The van der Waals surface area contributed by atoms with E-state index in [4.69, 9.17) is 11.6 Å². The fourth-order valence-electron chi connectivity index (χ4n) is 2.60. The lowest BCUT2D eigenvalue weighted by Crippen LogP contribution is -2.40. The minimum Gasteiger partial charge on any atom is -0.331 e. The molecule has 0 N–H and O–H groups in total. The van der Waals surface area contributed by atoms with Crippen molar-refractivity contribution in [1.82, 2.24) is 14.7 Å². The van der Waals surface area contributed by atoms with E-state index in [0.29, 0.717) is 17.5 Å². The normalized spacial score (nSPS) is 14.5. The van der Waals surface area contributed by atoms with Gasteiger partial charge in [0.05, 0.1) is 13.1 Å². The molecule has 4 nitrogen and oxygen atoms in total. The number of benzene rings is 1. The molecule has 0 saturated carbocycles. The van der Waals surface area contributed by atoms with E-state index in [0.717, 1.165) is 4.90 Å². The molecule has 1 aliphatic heterocycles. The Kier molecular flexibility index (Phi) is 4.30. The Morgan fingerprint density at radius 1 is 1.30 bits per heavy atom. The van der Waals surface area contributed by atoms with Gasteiger partial charge < -0.3 is 4.90 Å². The predicted octanol–water partition coefficient (Wildman–Crippen LogP) is 2.99. The van der Waals surface area contributed by atoms with Crippen molar-refractivity contribution in [3.05, 3.63) is 52.1 Å². The first-order valence-corrected chi connectivity index (χ1v) is 7.41. The molecular weight excluding hydrogens is 331 g/mol. The van der Waals surface area contributed by atoms with E-state index in [1.165, 1.54) is 10.7 Å². The summed E-state index contributed by atoms with van der Waals surface area (Å²) in [5.41, 5.74) is 0.975. The zero-order valence-corrected chi connectivity index (χ0v) is 12.7. The maximum Gasteiger partial charge on any atom is 0.274 e. The molecule has 0 fully saturated rings. The Bertz CT molecular complexity index is 748. The number of nitrogens with zero attached hydrogens (tertiary/aromatic N) is 3. The molecule has 1 aromatic heterocycles. The van der Waals surface area contributed by atoms with Crippen LogP contribution in [0.5, 0.6) is 0 Å². The molecule has 0 bridgehead atoms. The number of hydrogen-bond acceptors (Lipinski definition) is 2. The Balaban J connectivity index is 1.89.